The third-order valence-electron chi connectivity index (χ3n) is 7.78. The molecule has 0 saturated carbocycles. The molecule has 0 aliphatic carbocycles. The van der Waals surface area contributed by atoms with Gasteiger partial charge in [0, 0.05) is 30.6 Å². The van der Waals surface area contributed by atoms with E-state index in [1.807, 2.05) is 63.2 Å². The summed E-state index contributed by atoms with van der Waals surface area (Å²) in [5, 5.41) is 3.42. The van der Waals surface area contributed by atoms with E-state index in [4.69, 9.17) is 21.1 Å². The number of aryl methyl sites for hydroxylation is 2. The van der Waals surface area contributed by atoms with Gasteiger partial charge >= 0.3 is 0 Å². The van der Waals surface area contributed by atoms with E-state index in [-0.39, 0.29) is 29.5 Å². The summed E-state index contributed by atoms with van der Waals surface area (Å²) < 4.78 is 40.8. The molecule has 254 valence electrons. The molecule has 0 fully saturated rings. The number of hydrogen-bond acceptors (Lipinski definition) is 6. The highest BCUT2D eigenvalue weighted by molar-refractivity contribution is 7.92. The molecule has 0 unspecified atom stereocenters. The van der Waals surface area contributed by atoms with Crippen LogP contribution in [0.4, 0.5) is 5.69 Å². The van der Waals surface area contributed by atoms with Gasteiger partial charge in [0.1, 0.15) is 12.6 Å². The third kappa shape index (κ3) is 9.08. The molecule has 11 heteroatoms. The Morgan fingerprint density at radius 2 is 1.50 bits per heavy atom. The molecular weight excluding hydrogens is 650 g/mol. The number of benzene rings is 4. The van der Waals surface area contributed by atoms with Gasteiger partial charge < -0.3 is 19.7 Å². The van der Waals surface area contributed by atoms with E-state index in [1.54, 1.807) is 30.3 Å². The maximum Gasteiger partial charge on any atom is 0.264 e. The van der Waals surface area contributed by atoms with E-state index in [0.29, 0.717) is 35.0 Å². The van der Waals surface area contributed by atoms with Gasteiger partial charge in [-0.2, -0.15) is 0 Å². The van der Waals surface area contributed by atoms with Crippen LogP contribution < -0.4 is 19.1 Å². The Hall–Kier alpha value is -4.54. The van der Waals surface area contributed by atoms with Gasteiger partial charge in [-0.05, 0) is 78.9 Å². The summed E-state index contributed by atoms with van der Waals surface area (Å²) in [6, 6.07) is 25.2. The van der Waals surface area contributed by atoms with Crippen LogP contribution in [0.1, 0.15) is 35.6 Å². The van der Waals surface area contributed by atoms with Crippen LogP contribution in [-0.2, 0) is 32.6 Å². The van der Waals surface area contributed by atoms with Crippen LogP contribution in [0.5, 0.6) is 11.5 Å². The van der Waals surface area contributed by atoms with Crippen LogP contribution >= 0.6 is 11.6 Å². The van der Waals surface area contributed by atoms with Crippen molar-refractivity contribution < 1.29 is 27.5 Å². The van der Waals surface area contributed by atoms with Crippen LogP contribution in [0.3, 0.4) is 0 Å². The molecule has 9 nitrogen and oxygen atoms in total. The molecule has 1 N–H and O–H groups in total. The maximum atomic E-state index is 14.7. The van der Waals surface area contributed by atoms with Crippen LogP contribution in [0.25, 0.3) is 0 Å². The average Bonchev–Trinajstić information content (AvgIpc) is 3.07. The number of anilines is 1. The van der Waals surface area contributed by atoms with Gasteiger partial charge in [0.05, 0.1) is 24.8 Å². The molecule has 0 radical (unpaired) electrons. The fourth-order valence-corrected chi connectivity index (χ4v) is 7.11. The SMILES string of the molecule is CCCNC(=O)[C@H](Cc1ccccc1)N(Cc1cccc(Cl)c1)C(=O)CN(c1cc(C)cc(C)c1)S(=O)(=O)c1ccc(OC)c(OC)c1. The molecule has 0 spiro atoms. The second-order valence-electron chi connectivity index (χ2n) is 11.5. The summed E-state index contributed by atoms with van der Waals surface area (Å²) in [7, 11) is -1.46. The number of hydrogen-bond donors (Lipinski definition) is 1. The molecular formula is C37H42ClN3O6S. The van der Waals surface area contributed by atoms with E-state index in [2.05, 4.69) is 5.32 Å². The molecule has 0 aliphatic rings. The second-order valence-corrected chi connectivity index (χ2v) is 13.8. The van der Waals surface area contributed by atoms with Crippen LogP contribution in [0.2, 0.25) is 5.02 Å². The van der Waals surface area contributed by atoms with Crippen LogP contribution in [0.15, 0.2) is 95.9 Å². The molecule has 4 aromatic carbocycles. The third-order valence-corrected chi connectivity index (χ3v) is 9.78. The number of rotatable bonds is 15. The lowest BCUT2D eigenvalue weighted by Gasteiger charge is -2.34. The number of nitrogens with one attached hydrogen (secondary N) is 1. The minimum atomic E-state index is -4.34. The van der Waals surface area contributed by atoms with Gasteiger partial charge in [0.25, 0.3) is 10.0 Å². The summed E-state index contributed by atoms with van der Waals surface area (Å²) in [6.07, 6.45) is 0.921. The number of amides is 2. The largest absolute Gasteiger partial charge is 0.493 e. The molecule has 0 bridgehead atoms. The predicted octanol–water partition coefficient (Wildman–Crippen LogP) is 6.34. The highest BCUT2D eigenvalue weighted by atomic mass is 35.5. The number of carbonyl (C=O) groups excluding carboxylic acids is 2. The molecule has 0 aromatic heterocycles. The summed E-state index contributed by atoms with van der Waals surface area (Å²) in [5.41, 5.74) is 3.50. The number of halogens is 1. The van der Waals surface area contributed by atoms with Crippen molar-refractivity contribution in [1.29, 1.82) is 0 Å². The first-order chi connectivity index (χ1) is 23.0. The number of carbonyl (C=O) groups is 2. The number of sulfonamides is 1. The molecule has 1 atom stereocenters. The van der Waals surface area contributed by atoms with Crippen molar-refractivity contribution in [2.45, 2.75) is 51.1 Å². The zero-order chi connectivity index (χ0) is 34.8. The fraction of sp³-hybridized carbons (Fsp3) is 0.297. The van der Waals surface area contributed by atoms with Crippen molar-refractivity contribution in [1.82, 2.24) is 10.2 Å². The Labute approximate surface area is 288 Å². The molecule has 0 heterocycles. The standard InChI is InChI=1S/C37H42ClN3O6S/c1-6-17-39-37(43)33(22-28-11-8-7-9-12-28)40(24-29-13-10-14-30(38)21-29)36(42)25-41(31-19-26(2)18-27(3)20-31)48(44,45)32-15-16-34(46-4)35(23-32)47-5/h7-16,18-21,23,33H,6,17,22,24-25H2,1-5H3,(H,39,43)/t33-/m0/s1. The number of ether oxygens (including phenoxy) is 2. The fourth-order valence-electron chi connectivity index (χ4n) is 5.48. The van der Waals surface area contributed by atoms with Gasteiger partial charge in [-0.3, -0.25) is 13.9 Å². The highest BCUT2D eigenvalue weighted by Gasteiger charge is 2.35. The van der Waals surface area contributed by atoms with Gasteiger partial charge in [0.15, 0.2) is 11.5 Å². The van der Waals surface area contributed by atoms with E-state index in [9.17, 15) is 18.0 Å². The van der Waals surface area contributed by atoms with Crippen LogP contribution in [0, 0.1) is 13.8 Å². The van der Waals surface area contributed by atoms with Crippen molar-refractivity contribution in [3.8, 4) is 11.5 Å². The highest BCUT2D eigenvalue weighted by Crippen LogP contribution is 2.33. The first-order valence-electron chi connectivity index (χ1n) is 15.7. The summed E-state index contributed by atoms with van der Waals surface area (Å²) >= 11 is 6.33. The topological polar surface area (TPSA) is 105 Å². The second kappa shape index (κ2) is 16.5. The van der Waals surface area contributed by atoms with Crippen molar-refractivity contribution in [3.05, 3.63) is 118 Å². The van der Waals surface area contributed by atoms with Crippen molar-refractivity contribution in [2.24, 2.45) is 0 Å². The first-order valence-corrected chi connectivity index (χ1v) is 17.5. The Bertz CT molecular complexity index is 1810. The van der Waals surface area contributed by atoms with Gasteiger partial charge in [0.2, 0.25) is 11.8 Å². The Morgan fingerprint density at radius 3 is 2.12 bits per heavy atom. The zero-order valence-corrected chi connectivity index (χ0v) is 29.5. The summed E-state index contributed by atoms with van der Waals surface area (Å²) in [5.74, 6) is -0.314. The molecule has 2 amide bonds. The van der Waals surface area contributed by atoms with Gasteiger partial charge in [-0.1, -0.05) is 67.1 Å². The minimum absolute atomic E-state index is 0.0214. The van der Waals surface area contributed by atoms with E-state index in [0.717, 1.165) is 21.0 Å². The normalized spacial score (nSPS) is 11.8. The molecule has 4 aromatic rings. The quantitative estimate of drug-likeness (QED) is 0.156. The van der Waals surface area contributed by atoms with Gasteiger partial charge in [-0.25, -0.2) is 8.42 Å². The summed E-state index contributed by atoms with van der Waals surface area (Å²) in [4.78, 5) is 29.8. The van der Waals surface area contributed by atoms with Gasteiger partial charge in [-0.15, -0.1) is 0 Å². The smallest absolute Gasteiger partial charge is 0.264 e. The average molecular weight is 692 g/mol. The Balaban J connectivity index is 1.85. The number of methoxy groups -OCH3 is 2. The monoisotopic (exact) mass is 691 g/mol. The Kier molecular flexibility index (Phi) is 12.5. The molecule has 48 heavy (non-hydrogen) atoms. The lowest BCUT2D eigenvalue weighted by atomic mass is 10.0. The summed E-state index contributed by atoms with van der Waals surface area (Å²) in [6.45, 7) is 5.53. The van der Waals surface area contributed by atoms with E-state index >= 15 is 0 Å². The van der Waals surface area contributed by atoms with E-state index < -0.39 is 28.5 Å². The van der Waals surface area contributed by atoms with E-state index in [1.165, 1.54) is 37.3 Å². The maximum absolute atomic E-state index is 14.7. The minimum Gasteiger partial charge on any atom is -0.493 e. The molecule has 0 saturated heterocycles. The lowest BCUT2D eigenvalue weighted by Crippen LogP contribution is -2.53. The zero-order valence-electron chi connectivity index (χ0n) is 27.9. The lowest BCUT2D eigenvalue weighted by molar-refractivity contribution is -0.140. The molecule has 0 aliphatic heterocycles. The van der Waals surface area contributed by atoms with Crippen molar-refractivity contribution in [3.63, 3.8) is 0 Å². The van der Waals surface area contributed by atoms with Crippen LogP contribution in [-0.4, -0.2) is 58.5 Å². The number of nitrogens with zero attached hydrogens (tertiary/aromatic N) is 2. The first kappa shape index (κ1) is 36.3. The van der Waals surface area contributed by atoms with Crippen molar-refractivity contribution >= 4 is 39.1 Å². The predicted molar refractivity (Wildman–Crippen MR) is 189 cm³/mol. The Morgan fingerprint density at radius 1 is 0.833 bits per heavy atom. The van der Waals surface area contributed by atoms with Crippen molar-refractivity contribution in [2.75, 3.05) is 31.6 Å². The molecule has 4 rings (SSSR count).